The molecule has 0 bridgehead atoms. The molecule has 3 rings (SSSR count). The molecule has 194 valence electrons. The highest BCUT2D eigenvalue weighted by Crippen LogP contribution is 2.37. The van der Waals surface area contributed by atoms with E-state index < -0.39 is 24.0 Å². The maximum absolute atomic E-state index is 12.6. The number of carbonyl (C=O) groups is 3. The fourth-order valence-corrected chi connectivity index (χ4v) is 4.83. The molecule has 2 aromatic rings. The van der Waals surface area contributed by atoms with Crippen LogP contribution in [0.3, 0.4) is 0 Å². The van der Waals surface area contributed by atoms with E-state index in [0.29, 0.717) is 17.0 Å². The molecule has 1 aliphatic rings. The maximum Gasteiger partial charge on any atom is 0.417 e. The largest absolute Gasteiger partial charge is 0.480 e. The van der Waals surface area contributed by atoms with E-state index in [1.807, 2.05) is 12.1 Å². The fraction of sp³-hybridized carbons (Fsp3) is 0.464. The minimum absolute atomic E-state index is 0.0344. The molecular weight excluding hydrogens is 458 g/mol. The minimum atomic E-state index is -1.08. The molecule has 1 unspecified atom stereocenters. The van der Waals surface area contributed by atoms with Gasteiger partial charge in [-0.1, -0.05) is 39.3 Å². The molecule has 1 heterocycles. The highest BCUT2D eigenvalue weighted by atomic mass is 16.6. The SMILES string of the molecule is CCC1(c2cccc(OC(=O)Nc3ccc(C(=O)N[C@H](C(=O)O)C(C)C)cc3)c2)CCCCN(C)C1. The lowest BCUT2D eigenvalue weighted by Gasteiger charge is -2.35. The van der Waals surface area contributed by atoms with E-state index >= 15 is 0 Å². The second-order valence-electron chi connectivity index (χ2n) is 9.98. The number of nitrogens with zero attached hydrogens (tertiary/aromatic N) is 1. The van der Waals surface area contributed by atoms with Gasteiger partial charge in [0.15, 0.2) is 0 Å². The Bertz CT molecular complexity index is 1070. The number of hydrogen-bond acceptors (Lipinski definition) is 5. The number of benzene rings is 2. The molecule has 0 saturated carbocycles. The zero-order valence-corrected chi connectivity index (χ0v) is 21.5. The normalized spacial score (nSPS) is 19.2. The summed E-state index contributed by atoms with van der Waals surface area (Å²) in [5.41, 5.74) is 1.97. The second-order valence-corrected chi connectivity index (χ2v) is 9.98. The predicted molar refractivity (Wildman–Crippen MR) is 140 cm³/mol. The number of carboxylic acids is 1. The Balaban J connectivity index is 1.64. The summed E-state index contributed by atoms with van der Waals surface area (Å²) in [7, 11) is 2.16. The maximum atomic E-state index is 12.6. The zero-order valence-electron chi connectivity index (χ0n) is 21.5. The smallest absolute Gasteiger partial charge is 0.417 e. The molecule has 8 heteroatoms. The Morgan fingerprint density at radius 2 is 1.83 bits per heavy atom. The molecule has 2 amide bonds. The van der Waals surface area contributed by atoms with Crippen molar-refractivity contribution in [3.8, 4) is 5.75 Å². The lowest BCUT2D eigenvalue weighted by atomic mass is 9.74. The number of anilines is 1. The van der Waals surface area contributed by atoms with Crippen molar-refractivity contribution < 1.29 is 24.2 Å². The summed E-state index contributed by atoms with van der Waals surface area (Å²) in [6, 6.07) is 13.0. The van der Waals surface area contributed by atoms with E-state index in [4.69, 9.17) is 4.74 Å². The van der Waals surface area contributed by atoms with Gasteiger partial charge in [-0.15, -0.1) is 0 Å². The van der Waals surface area contributed by atoms with Gasteiger partial charge in [-0.3, -0.25) is 10.1 Å². The van der Waals surface area contributed by atoms with Gasteiger partial charge in [0.25, 0.3) is 5.91 Å². The molecule has 0 aliphatic carbocycles. The van der Waals surface area contributed by atoms with E-state index in [9.17, 15) is 19.5 Å². The molecular formula is C28H37N3O5. The Morgan fingerprint density at radius 3 is 2.47 bits per heavy atom. The van der Waals surface area contributed by atoms with Crippen LogP contribution in [0.15, 0.2) is 48.5 Å². The first-order chi connectivity index (χ1) is 17.1. The molecule has 1 aliphatic heterocycles. The van der Waals surface area contributed by atoms with Crippen LogP contribution in [0.1, 0.15) is 62.4 Å². The zero-order chi connectivity index (χ0) is 26.3. The van der Waals surface area contributed by atoms with Crippen molar-refractivity contribution in [3.63, 3.8) is 0 Å². The van der Waals surface area contributed by atoms with Crippen molar-refractivity contribution in [1.29, 1.82) is 0 Å². The summed E-state index contributed by atoms with van der Waals surface area (Å²) < 4.78 is 5.57. The van der Waals surface area contributed by atoms with E-state index in [-0.39, 0.29) is 11.3 Å². The monoisotopic (exact) mass is 495 g/mol. The Morgan fingerprint density at radius 1 is 1.11 bits per heavy atom. The number of carbonyl (C=O) groups excluding carboxylic acids is 2. The third-order valence-corrected chi connectivity index (χ3v) is 6.96. The lowest BCUT2D eigenvalue weighted by molar-refractivity contribution is -0.140. The molecule has 0 aromatic heterocycles. The lowest BCUT2D eigenvalue weighted by Crippen LogP contribution is -2.44. The number of hydrogen-bond donors (Lipinski definition) is 3. The van der Waals surface area contributed by atoms with Gasteiger partial charge in [0.2, 0.25) is 0 Å². The van der Waals surface area contributed by atoms with Crippen molar-refractivity contribution in [2.45, 2.75) is 57.9 Å². The Hall–Kier alpha value is -3.39. The van der Waals surface area contributed by atoms with Crippen molar-refractivity contribution >= 4 is 23.7 Å². The predicted octanol–water partition coefficient (Wildman–Crippen LogP) is 4.90. The molecule has 36 heavy (non-hydrogen) atoms. The van der Waals surface area contributed by atoms with Gasteiger partial charge in [-0.05, 0) is 80.7 Å². The van der Waals surface area contributed by atoms with Gasteiger partial charge in [0.05, 0.1) is 0 Å². The average Bonchev–Trinajstić information content (AvgIpc) is 3.04. The summed E-state index contributed by atoms with van der Waals surface area (Å²) in [4.78, 5) is 38.7. The molecule has 1 fully saturated rings. The van der Waals surface area contributed by atoms with Gasteiger partial charge < -0.3 is 20.1 Å². The number of aliphatic carboxylic acids is 1. The van der Waals surface area contributed by atoms with Crippen LogP contribution in [-0.2, 0) is 10.2 Å². The van der Waals surface area contributed by atoms with Crippen molar-refractivity contribution in [1.82, 2.24) is 10.2 Å². The highest BCUT2D eigenvalue weighted by Gasteiger charge is 2.33. The van der Waals surface area contributed by atoms with Crippen LogP contribution in [-0.4, -0.2) is 54.2 Å². The first-order valence-corrected chi connectivity index (χ1v) is 12.5. The number of ether oxygens (including phenoxy) is 1. The first kappa shape index (κ1) is 27.2. The number of likely N-dealkylation sites (tertiary alicyclic amines) is 1. The van der Waals surface area contributed by atoms with Crippen LogP contribution in [0.5, 0.6) is 5.75 Å². The molecule has 1 saturated heterocycles. The summed E-state index contributed by atoms with van der Waals surface area (Å²) in [6.45, 7) is 7.74. The number of likely N-dealkylation sites (N-methyl/N-ethyl adjacent to an activating group) is 1. The van der Waals surface area contributed by atoms with Crippen LogP contribution in [0, 0.1) is 5.92 Å². The van der Waals surface area contributed by atoms with Gasteiger partial charge >= 0.3 is 12.1 Å². The van der Waals surface area contributed by atoms with Crippen molar-refractivity contribution in [2.75, 3.05) is 25.5 Å². The average molecular weight is 496 g/mol. The van der Waals surface area contributed by atoms with Crippen LogP contribution >= 0.6 is 0 Å². The first-order valence-electron chi connectivity index (χ1n) is 12.5. The molecule has 2 atom stereocenters. The van der Waals surface area contributed by atoms with Gasteiger partial charge in [-0.2, -0.15) is 0 Å². The van der Waals surface area contributed by atoms with E-state index in [2.05, 4.69) is 35.6 Å². The van der Waals surface area contributed by atoms with Crippen molar-refractivity contribution in [3.05, 3.63) is 59.7 Å². The van der Waals surface area contributed by atoms with E-state index in [0.717, 1.165) is 25.9 Å². The topological polar surface area (TPSA) is 108 Å². The Labute approximate surface area is 213 Å². The van der Waals surface area contributed by atoms with Crippen LogP contribution in [0.4, 0.5) is 10.5 Å². The molecule has 8 nitrogen and oxygen atoms in total. The van der Waals surface area contributed by atoms with Crippen LogP contribution in [0.25, 0.3) is 0 Å². The highest BCUT2D eigenvalue weighted by molar-refractivity contribution is 5.97. The summed E-state index contributed by atoms with van der Waals surface area (Å²) in [6.07, 6.45) is 3.85. The van der Waals surface area contributed by atoms with Crippen LogP contribution < -0.4 is 15.4 Å². The third kappa shape index (κ3) is 6.85. The Kier molecular flexibility index (Phi) is 9.09. The number of amides is 2. The fourth-order valence-electron chi connectivity index (χ4n) is 4.83. The number of nitrogens with one attached hydrogen (secondary N) is 2. The minimum Gasteiger partial charge on any atom is -0.480 e. The summed E-state index contributed by atoms with van der Waals surface area (Å²) in [5.74, 6) is -1.35. The van der Waals surface area contributed by atoms with Crippen molar-refractivity contribution in [2.24, 2.45) is 5.92 Å². The van der Waals surface area contributed by atoms with E-state index in [1.165, 1.54) is 30.5 Å². The molecule has 0 spiro atoms. The van der Waals surface area contributed by atoms with Gasteiger partial charge in [0, 0.05) is 23.2 Å². The quantitative estimate of drug-likeness (QED) is 0.481. The van der Waals surface area contributed by atoms with Crippen LogP contribution in [0.2, 0.25) is 0 Å². The van der Waals surface area contributed by atoms with Gasteiger partial charge in [-0.25, -0.2) is 9.59 Å². The number of carboxylic acid groups (broad SMARTS) is 1. The van der Waals surface area contributed by atoms with E-state index in [1.54, 1.807) is 32.0 Å². The standard InChI is InChI=1S/C28H37N3O5/c1-5-28(15-6-7-16-31(4)18-28)21-9-8-10-23(17-21)36-27(35)29-22-13-11-20(12-14-22)25(32)30-24(19(2)3)26(33)34/h8-14,17,19,24H,5-7,15-16,18H2,1-4H3,(H,29,35)(H,30,32)(H,33,34)/t24-,28?/m0/s1. The summed E-state index contributed by atoms with van der Waals surface area (Å²) in [5, 5.41) is 14.5. The third-order valence-electron chi connectivity index (χ3n) is 6.96. The molecule has 3 N–H and O–H groups in total. The second kappa shape index (κ2) is 12.0. The molecule has 2 aromatic carbocycles. The van der Waals surface area contributed by atoms with Gasteiger partial charge in [0.1, 0.15) is 11.8 Å². The number of rotatable bonds is 8. The molecule has 0 radical (unpaired) electrons. The summed E-state index contributed by atoms with van der Waals surface area (Å²) >= 11 is 0.